The lowest BCUT2D eigenvalue weighted by Gasteiger charge is -2.35. The fraction of sp³-hybridized carbons (Fsp3) is 0.417. The highest BCUT2D eigenvalue weighted by molar-refractivity contribution is 5.81. The van der Waals surface area contributed by atoms with E-state index < -0.39 is 0 Å². The number of hydrogen-bond donors (Lipinski definition) is 1. The molecule has 0 saturated carbocycles. The number of amides is 1. The van der Waals surface area contributed by atoms with E-state index in [-0.39, 0.29) is 11.9 Å². The van der Waals surface area contributed by atoms with E-state index in [0.717, 1.165) is 49.2 Å². The Kier molecular flexibility index (Phi) is 5.95. The number of aryl methyl sites for hydroxylation is 1. The smallest absolute Gasteiger partial charge is 0.237 e. The van der Waals surface area contributed by atoms with Crippen molar-refractivity contribution in [2.75, 3.05) is 13.1 Å². The Morgan fingerprint density at radius 2 is 1.79 bits per heavy atom. The molecule has 1 aromatic heterocycles. The Morgan fingerprint density at radius 1 is 1.10 bits per heavy atom. The average Bonchev–Trinajstić information content (AvgIpc) is 3.08. The van der Waals surface area contributed by atoms with Crippen LogP contribution in [0.15, 0.2) is 54.6 Å². The van der Waals surface area contributed by atoms with Crippen LogP contribution in [0.2, 0.25) is 0 Å². The molecule has 3 aromatic rings. The zero-order valence-corrected chi connectivity index (χ0v) is 17.3. The van der Waals surface area contributed by atoms with Gasteiger partial charge in [-0.2, -0.15) is 0 Å². The predicted molar refractivity (Wildman–Crippen MR) is 116 cm³/mol. The molecule has 0 spiro atoms. The summed E-state index contributed by atoms with van der Waals surface area (Å²) in [6.07, 6.45) is 3.44. The van der Waals surface area contributed by atoms with Gasteiger partial charge in [0.15, 0.2) is 0 Å². The van der Waals surface area contributed by atoms with E-state index in [1.54, 1.807) is 0 Å². The van der Waals surface area contributed by atoms with Crippen molar-refractivity contribution in [1.29, 1.82) is 0 Å². The number of likely N-dealkylation sites (tertiary alicyclic amines) is 1. The quantitative estimate of drug-likeness (QED) is 0.700. The minimum Gasteiger partial charge on any atom is -0.348 e. The molecule has 5 nitrogen and oxygen atoms in total. The van der Waals surface area contributed by atoms with Crippen molar-refractivity contribution in [3.63, 3.8) is 0 Å². The second-order valence-corrected chi connectivity index (χ2v) is 8.14. The van der Waals surface area contributed by atoms with Crippen LogP contribution in [-0.2, 0) is 24.8 Å². The van der Waals surface area contributed by atoms with Crippen molar-refractivity contribution in [2.45, 2.75) is 38.8 Å². The summed E-state index contributed by atoms with van der Waals surface area (Å²) < 4.78 is 2.05. The number of para-hydroxylation sites is 2. The number of benzene rings is 2. The van der Waals surface area contributed by atoms with Crippen LogP contribution in [0.5, 0.6) is 0 Å². The Balaban J connectivity index is 1.28. The van der Waals surface area contributed by atoms with Gasteiger partial charge in [0.1, 0.15) is 5.82 Å². The van der Waals surface area contributed by atoms with E-state index in [2.05, 4.69) is 56.2 Å². The van der Waals surface area contributed by atoms with Gasteiger partial charge in [0.25, 0.3) is 0 Å². The van der Waals surface area contributed by atoms with Crippen LogP contribution in [0.3, 0.4) is 0 Å². The molecule has 1 N–H and O–H groups in total. The van der Waals surface area contributed by atoms with E-state index in [4.69, 9.17) is 0 Å². The van der Waals surface area contributed by atoms with Crippen LogP contribution in [0, 0.1) is 5.92 Å². The average molecular weight is 391 g/mol. The van der Waals surface area contributed by atoms with Gasteiger partial charge in [-0.15, -0.1) is 0 Å². The molecule has 0 bridgehead atoms. The summed E-state index contributed by atoms with van der Waals surface area (Å²) in [7, 11) is 2.00. The van der Waals surface area contributed by atoms with Crippen LogP contribution in [-0.4, -0.2) is 39.5 Å². The number of fused-ring (bicyclic) bond motifs is 1. The number of carbonyl (C=O) groups excluding carboxylic acids is 1. The Morgan fingerprint density at radius 3 is 2.52 bits per heavy atom. The molecule has 1 unspecified atom stereocenters. The van der Waals surface area contributed by atoms with Crippen LogP contribution in [0.4, 0.5) is 0 Å². The Labute approximate surface area is 172 Å². The first-order valence-electron chi connectivity index (χ1n) is 10.6. The molecule has 2 aromatic carbocycles. The van der Waals surface area contributed by atoms with Gasteiger partial charge in [0, 0.05) is 7.05 Å². The third-order valence-electron chi connectivity index (χ3n) is 6.24. The van der Waals surface area contributed by atoms with Gasteiger partial charge in [-0.05, 0) is 62.9 Å². The number of piperidine rings is 1. The summed E-state index contributed by atoms with van der Waals surface area (Å²) in [5, 5.41) is 3.08. The summed E-state index contributed by atoms with van der Waals surface area (Å²) in [6, 6.07) is 18.7. The van der Waals surface area contributed by atoms with Crippen molar-refractivity contribution in [3.05, 3.63) is 66.0 Å². The third kappa shape index (κ3) is 4.51. The third-order valence-corrected chi connectivity index (χ3v) is 6.24. The second kappa shape index (κ2) is 8.78. The van der Waals surface area contributed by atoms with Gasteiger partial charge < -0.3 is 9.88 Å². The lowest BCUT2D eigenvalue weighted by atomic mass is 9.89. The molecule has 152 valence electrons. The highest BCUT2D eigenvalue weighted by Gasteiger charge is 2.26. The van der Waals surface area contributed by atoms with Gasteiger partial charge in [-0.25, -0.2) is 4.98 Å². The second-order valence-electron chi connectivity index (χ2n) is 8.14. The van der Waals surface area contributed by atoms with Gasteiger partial charge in [-0.3, -0.25) is 9.69 Å². The molecular weight excluding hydrogens is 360 g/mol. The number of nitrogens with one attached hydrogen (secondary N) is 1. The van der Waals surface area contributed by atoms with Crippen LogP contribution < -0.4 is 5.32 Å². The largest absolute Gasteiger partial charge is 0.348 e. The molecule has 0 aliphatic carbocycles. The van der Waals surface area contributed by atoms with Crippen molar-refractivity contribution in [2.24, 2.45) is 13.0 Å². The molecule has 29 heavy (non-hydrogen) atoms. The highest BCUT2D eigenvalue weighted by atomic mass is 16.2. The molecule has 1 aliphatic heterocycles. The molecule has 2 heterocycles. The van der Waals surface area contributed by atoms with Crippen molar-refractivity contribution >= 4 is 16.9 Å². The monoisotopic (exact) mass is 390 g/mol. The summed E-state index contributed by atoms with van der Waals surface area (Å²) in [5.41, 5.74) is 3.47. The maximum absolute atomic E-state index is 12.7. The van der Waals surface area contributed by atoms with Gasteiger partial charge in [0.05, 0.1) is 23.6 Å². The van der Waals surface area contributed by atoms with E-state index >= 15 is 0 Å². The molecule has 0 radical (unpaired) electrons. The zero-order chi connectivity index (χ0) is 20.2. The van der Waals surface area contributed by atoms with Crippen molar-refractivity contribution in [3.8, 4) is 0 Å². The Hall–Kier alpha value is -2.66. The summed E-state index contributed by atoms with van der Waals surface area (Å²) in [4.78, 5) is 19.7. The predicted octanol–water partition coefficient (Wildman–Crippen LogP) is 3.53. The molecule has 1 amide bonds. The lowest BCUT2D eigenvalue weighted by Crippen LogP contribution is -2.48. The van der Waals surface area contributed by atoms with Crippen molar-refractivity contribution < 1.29 is 4.79 Å². The first-order chi connectivity index (χ1) is 14.1. The minimum atomic E-state index is -0.109. The van der Waals surface area contributed by atoms with E-state index in [9.17, 15) is 4.79 Å². The first-order valence-corrected chi connectivity index (χ1v) is 10.6. The van der Waals surface area contributed by atoms with E-state index in [1.165, 1.54) is 5.56 Å². The summed E-state index contributed by atoms with van der Waals surface area (Å²) in [5.74, 6) is 1.68. The SMILES string of the molecule is CC(C(=O)NCc1nc2ccccc2n1C)N1CCC(Cc2ccccc2)CC1. The van der Waals surface area contributed by atoms with Crippen LogP contribution in [0.25, 0.3) is 11.0 Å². The van der Waals surface area contributed by atoms with E-state index in [1.807, 2.05) is 32.2 Å². The zero-order valence-electron chi connectivity index (χ0n) is 17.3. The normalized spacial score (nSPS) is 16.8. The molecule has 1 aliphatic rings. The standard InChI is InChI=1S/C24H30N4O/c1-18(28-14-12-20(13-15-28)16-19-8-4-3-5-9-19)24(29)25-17-23-26-21-10-6-7-11-22(21)27(23)2/h3-11,18,20H,12-17H2,1-2H3,(H,25,29). The molecule has 5 heteroatoms. The number of carbonyl (C=O) groups is 1. The Bertz CT molecular complexity index is 957. The highest BCUT2D eigenvalue weighted by Crippen LogP contribution is 2.23. The molecular formula is C24H30N4O. The fourth-order valence-corrected chi connectivity index (χ4v) is 4.33. The van der Waals surface area contributed by atoms with Crippen LogP contribution >= 0.6 is 0 Å². The molecule has 1 fully saturated rings. The number of nitrogens with zero attached hydrogens (tertiary/aromatic N) is 3. The maximum Gasteiger partial charge on any atom is 0.237 e. The van der Waals surface area contributed by atoms with Gasteiger partial charge in [0.2, 0.25) is 5.91 Å². The van der Waals surface area contributed by atoms with Crippen molar-refractivity contribution in [1.82, 2.24) is 19.8 Å². The molecule has 1 atom stereocenters. The number of rotatable bonds is 6. The topological polar surface area (TPSA) is 50.2 Å². The first kappa shape index (κ1) is 19.6. The summed E-state index contributed by atoms with van der Waals surface area (Å²) >= 11 is 0. The number of hydrogen-bond acceptors (Lipinski definition) is 3. The maximum atomic E-state index is 12.7. The van der Waals surface area contributed by atoms with Gasteiger partial charge in [-0.1, -0.05) is 42.5 Å². The molecule has 4 rings (SSSR count). The van der Waals surface area contributed by atoms with E-state index in [0.29, 0.717) is 12.5 Å². The number of aromatic nitrogens is 2. The van der Waals surface area contributed by atoms with Gasteiger partial charge >= 0.3 is 0 Å². The fourth-order valence-electron chi connectivity index (χ4n) is 4.33. The minimum absolute atomic E-state index is 0.0820. The lowest BCUT2D eigenvalue weighted by molar-refractivity contribution is -0.126. The summed E-state index contributed by atoms with van der Waals surface area (Å²) in [6.45, 7) is 4.44. The van der Waals surface area contributed by atoms with Crippen LogP contribution in [0.1, 0.15) is 31.2 Å². The number of imidazole rings is 1. The molecule has 1 saturated heterocycles.